The number of hydrogen-bond acceptors (Lipinski definition) is 5. The van der Waals surface area contributed by atoms with Crippen LogP contribution in [0.5, 0.6) is 0 Å². The van der Waals surface area contributed by atoms with Gasteiger partial charge in [-0.15, -0.1) is 0 Å². The van der Waals surface area contributed by atoms with Gasteiger partial charge in [-0.3, -0.25) is 0 Å². The molecule has 3 rings (SSSR count). The second-order valence-corrected chi connectivity index (χ2v) is 5.98. The van der Waals surface area contributed by atoms with E-state index in [9.17, 15) is 0 Å². The third kappa shape index (κ3) is 4.07. The number of hydrogen-bond donors (Lipinski definition) is 2. The quantitative estimate of drug-likeness (QED) is 0.713. The van der Waals surface area contributed by atoms with Crippen LogP contribution in [0.2, 0.25) is 0 Å². The molecule has 0 aliphatic rings. The molecule has 0 fully saturated rings. The summed E-state index contributed by atoms with van der Waals surface area (Å²) in [6, 6.07) is 18.5. The van der Waals surface area contributed by atoms with Gasteiger partial charge < -0.3 is 16.0 Å². The van der Waals surface area contributed by atoms with Crippen LogP contribution in [-0.2, 0) is 13.0 Å². The normalized spacial score (nSPS) is 10.5. The number of benzene rings is 2. The molecule has 0 amide bonds. The molecule has 0 unspecified atom stereocenters. The molecule has 0 aliphatic heterocycles. The summed E-state index contributed by atoms with van der Waals surface area (Å²) in [5, 5.41) is 3.28. The van der Waals surface area contributed by atoms with Crippen molar-refractivity contribution in [1.82, 2.24) is 9.97 Å². The first-order valence-corrected chi connectivity index (χ1v) is 8.39. The number of nitrogens with zero attached hydrogens (tertiary/aromatic N) is 3. The van der Waals surface area contributed by atoms with Crippen molar-refractivity contribution in [2.75, 3.05) is 23.0 Å². The zero-order chi connectivity index (χ0) is 17.6. The maximum atomic E-state index is 6.31. The Hall–Kier alpha value is -3.08. The molecule has 0 spiro atoms. The topological polar surface area (TPSA) is 67.1 Å². The van der Waals surface area contributed by atoms with E-state index in [-0.39, 0.29) is 0 Å². The maximum absolute atomic E-state index is 6.31. The Morgan fingerprint density at radius 2 is 1.68 bits per heavy atom. The number of nitrogens with one attached hydrogen (secondary N) is 1. The molecule has 1 heterocycles. The van der Waals surface area contributed by atoms with Gasteiger partial charge in [0.1, 0.15) is 12.0 Å². The molecule has 5 nitrogen and oxygen atoms in total. The van der Waals surface area contributed by atoms with Crippen molar-refractivity contribution in [3.8, 4) is 0 Å². The average Bonchev–Trinajstić information content (AvgIpc) is 2.65. The Bertz CT molecular complexity index is 815. The van der Waals surface area contributed by atoms with E-state index in [1.807, 2.05) is 42.3 Å². The molecule has 0 bridgehead atoms. The third-order valence-electron chi connectivity index (χ3n) is 4.11. The Kier molecular flexibility index (Phi) is 5.14. The smallest absolute Gasteiger partial charge is 0.159 e. The summed E-state index contributed by atoms with van der Waals surface area (Å²) in [6.45, 7) is 2.87. The number of aromatic nitrogens is 2. The van der Waals surface area contributed by atoms with Crippen LogP contribution in [0.15, 0.2) is 60.9 Å². The van der Waals surface area contributed by atoms with Gasteiger partial charge >= 0.3 is 0 Å². The lowest BCUT2D eigenvalue weighted by Crippen LogP contribution is -2.20. The van der Waals surface area contributed by atoms with Gasteiger partial charge in [0.2, 0.25) is 0 Å². The molecule has 5 heteroatoms. The van der Waals surface area contributed by atoms with Gasteiger partial charge in [-0.05, 0) is 29.7 Å². The number of anilines is 4. The van der Waals surface area contributed by atoms with Crippen LogP contribution in [0.25, 0.3) is 0 Å². The third-order valence-corrected chi connectivity index (χ3v) is 4.11. The van der Waals surface area contributed by atoms with E-state index in [1.165, 1.54) is 17.5 Å². The van der Waals surface area contributed by atoms with Crippen LogP contribution in [0.3, 0.4) is 0 Å². The summed E-state index contributed by atoms with van der Waals surface area (Å²) in [6.07, 6.45) is 2.56. The fourth-order valence-corrected chi connectivity index (χ4v) is 2.68. The highest BCUT2D eigenvalue weighted by molar-refractivity contribution is 5.78. The Labute approximate surface area is 148 Å². The summed E-state index contributed by atoms with van der Waals surface area (Å²) < 4.78 is 0. The Balaban J connectivity index is 1.79. The second kappa shape index (κ2) is 7.66. The Morgan fingerprint density at radius 3 is 2.36 bits per heavy atom. The van der Waals surface area contributed by atoms with Crippen molar-refractivity contribution >= 4 is 23.0 Å². The predicted molar refractivity (Wildman–Crippen MR) is 104 cm³/mol. The maximum Gasteiger partial charge on any atom is 0.159 e. The number of aryl methyl sites for hydroxylation is 1. The van der Waals surface area contributed by atoms with E-state index in [0.717, 1.165) is 18.7 Å². The van der Waals surface area contributed by atoms with Gasteiger partial charge in [-0.25, -0.2) is 9.97 Å². The summed E-state index contributed by atoms with van der Waals surface area (Å²) in [5.41, 5.74) is 10.3. The molecule has 3 aromatic rings. The first-order valence-electron chi connectivity index (χ1n) is 8.39. The zero-order valence-corrected chi connectivity index (χ0v) is 14.6. The van der Waals surface area contributed by atoms with Gasteiger partial charge in [0.25, 0.3) is 0 Å². The predicted octanol–water partition coefficient (Wildman–Crippen LogP) is 4.00. The van der Waals surface area contributed by atoms with Crippen LogP contribution in [-0.4, -0.2) is 17.0 Å². The van der Waals surface area contributed by atoms with Gasteiger partial charge in [0.05, 0.1) is 0 Å². The molecule has 0 atom stereocenters. The average molecular weight is 333 g/mol. The van der Waals surface area contributed by atoms with Gasteiger partial charge in [0, 0.05) is 19.3 Å². The summed E-state index contributed by atoms with van der Waals surface area (Å²) in [5.74, 6) is 1.33. The largest absolute Gasteiger partial charge is 0.393 e. The minimum atomic E-state index is 0.542. The molecular weight excluding hydrogens is 310 g/mol. The van der Waals surface area contributed by atoms with Crippen LogP contribution in [0.4, 0.5) is 23.0 Å². The van der Waals surface area contributed by atoms with Crippen molar-refractivity contribution in [3.05, 3.63) is 72.1 Å². The summed E-state index contributed by atoms with van der Waals surface area (Å²) in [4.78, 5) is 10.7. The summed E-state index contributed by atoms with van der Waals surface area (Å²) >= 11 is 0. The van der Waals surface area contributed by atoms with E-state index in [0.29, 0.717) is 17.3 Å². The highest BCUT2D eigenvalue weighted by Gasteiger charge is 2.12. The highest BCUT2D eigenvalue weighted by atomic mass is 15.2. The monoisotopic (exact) mass is 333 g/mol. The lowest BCUT2D eigenvalue weighted by Gasteiger charge is -2.21. The lowest BCUT2D eigenvalue weighted by atomic mass is 10.1. The molecular formula is C20H23N5. The zero-order valence-electron chi connectivity index (χ0n) is 14.6. The SMILES string of the molecule is CCc1ccc(Nc2ncnc(N(C)Cc3ccccc3)c2N)cc1. The number of nitrogen functional groups attached to an aromatic ring is 1. The van der Waals surface area contributed by atoms with E-state index < -0.39 is 0 Å². The highest BCUT2D eigenvalue weighted by Crippen LogP contribution is 2.28. The van der Waals surface area contributed by atoms with Crippen molar-refractivity contribution < 1.29 is 0 Å². The van der Waals surface area contributed by atoms with Crippen molar-refractivity contribution in [2.24, 2.45) is 0 Å². The first-order chi connectivity index (χ1) is 12.2. The van der Waals surface area contributed by atoms with Crippen molar-refractivity contribution in [2.45, 2.75) is 19.9 Å². The van der Waals surface area contributed by atoms with E-state index in [4.69, 9.17) is 5.73 Å². The number of nitrogens with two attached hydrogens (primary N) is 1. The number of rotatable bonds is 6. The molecule has 0 radical (unpaired) electrons. The molecule has 2 aromatic carbocycles. The van der Waals surface area contributed by atoms with Crippen LogP contribution >= 0.6 is 0 Å². The van der Waals surface area contributed by atoms with Gasteiger partial charge in [-0.1, -0.05) is 49.4 Å². The summed E-state index contributed by atoms with van der Waals surface area (Å²) in [7, 11) is 1.98. The van der Waals surface area contributed by atoms with Crippen molar-refractivity contribution in [3.63, 3.8) is 0 Å². The molecule has 3 N–H and O–H groups in total. The van der Waals surface area contributed by atoms with Crippen LogP contribution < -0.4 is 16.0 Å². The molecule has 25 heavy (non-hydrogen) atoms. The standard InChI is InChI=1S/C20H23N5/c1-3-15-9-11-17(12-10-15)24-19-18(21)20(23-14-22-19)25(2)13-16-7-5-4-6-8-16/h4-12,14H,3,13,21H2,1-2H3,(H,22,23,24). The Morgan fingerprint density at radius 1 is 0.960 bits per heavy atom. The minimum absolute atomic E-state index is 0.542. The molecule has 0 aliphatic carbocycles. The van der Waals surface area contributed by atoms with Crippen LogP contribution in [0, 0.1) is 0 Å². The fourth-order valence-electron chi connectivity index (χ4n) is 2.68. The molecule has 1 aromatic heterocycles. The van der Waals surface area contributed by atoms with Crippen LogP contribution in [0.1, 0.15) is 18.1 Å². The van der Waals surface area contributed by atoms with E-state index in [1.54, 1.807) is 0 Å². The minimum Gasteiger partial charge on any atom is -0.393 e. The first kappa shape index (κ1) is 16.8. The molecule has 128 valence electrons. The van der Waals surface area contributed by atoms with E-state index in [2.05, 4.69) is 46.5 Å². The second-order valence-electron chi connectivity index (χ2n) is 5.98. The fraction of sp³-hybridized carbons (Fsp3) is 0.200. The lowest BCUT2D eigenvalue weighted by molar-refractivity contribution is 0.894. The molecule has 0 saturated heterocycles. The van der Waals surface area contributed by atoms with E-state index >= 15 is 0 Å². The molecule has 0 saturated carbocycles. The van der Waals surface area contributed by atoms with Gasteiger partial charge in [-0.2, -0.15) is 0 Å². The van der Waals surface area contributed by atoms with Gasteiger partial charge in [0.15, 0.2) is 11.6 Å². The van der Waals surface area contributed by atoms with Crippen molar-refractivity contribution in [1.29, 1.82) is 0 Å².